The van der Waals surface area contributed by atoms with Crippen molar-refractivity contribution in [1.29, 1.82) is 0 Å². The van der Waals surface area contributed by atoms with Gasteiger partial charge < -0.3 is 14.8 Å². The maximum Gasteiger partial charge on any atom is 0.231 e. The van der Waals surface area contributed by atoms with Gasteiger partial charge in [-0.1, -0.05) is 35.3 Å². The molecule has 0 saturated carbocycles. The molecule has 0 aromatic heterocycles. The van der Waals surface area contributed by atoms with Gasteiger partial charge >= 0.3 is 0 Å². The van der Waals surface area contributed by atoms with E-state index in [1.54, 1.807) is 12.1 Å². The number of carbonyl (C=O) groups excluding carboxylic acids is 1. The molecule has 2 aromatic rings. The molecule has 4 rings (SSSR count). The van der Waals surface area contributed by atoms with Crippen molar-refractivity contribution in [2.45, 2.75) is 12.3 Å². The van der Waals surface area contributed by atoms with Crippen LogP contribution in [0.3, 0.4) is 0 Å². The first-order valence-corrected chi connectivity index (χ1v) is 7.56. The smallest absolute Gasteiger partial charge is 0.231 e. The SMILES string of the molecule is O=C1CC(c2cccc(Cl)c2Cl)c2cc3c(cc2N1)OCO3. The van der Waals surface area contributed by atoms with E-state index in [-0.39, 0.29) is 18.6 Å². The van der Waals surface area contributed by atoms with E-state index in [0.717, 1.165) is 16.8 Å². The third-order valence-electron chi connectivity index (χ3n) is 3.94. The van der Waals surface area contributed by atoms with E-state index in [4.69, 9.17) is 32.7 Å². The summed E-state index contributed by atoms with van der Waals surface area (Å²) in [5.74, 6) is 1.09. The van der Waals surface area contributed by atoms with Crippen LogP contribution in [0.4, 0.5) is 5.69 Å². The second kappa shape index (κ2) is 5.07. The van der Waals surface area contributed by atoms with Crippen LogP contribution in [0.1, 0.15) is 23.5 Å². The van der Waals surface area contributed by atoms with Crippen molar-refractivity contribution in [3.63, 3.8) is 0 Å². The number of rotatable bonds is 1. The first-order valence-electron chi connectivity index (χ1n) is 6.81. The second-order valence-corrected chi connectivity index (χ2v) is 6.03. The summed E-state index contributed by atoms with van der Waals surface area (Å²) in [6.45, 7) is 0.189. The van der Waals surface area contributed by atoms with E-state index in [1.807, 2.05) is 18.2 Å². The highest BCUT2D eigenvalue weighted by atomic mass is 35.5. The fraction of sp³-hybridized carbons (Fsp3) is 0.188. The second-order valence-electron chi connectivity index (χ2n) is 5.24. The Hall–Kier alpha value is -1.91. The van der Waals surface area contributed by atoms with Gasteiger partial charge in [-0.2, -0.15) is 0 Å². The van der Waals surface area contributed by atoms with Gasteiger partial charge in [0.2, 0.25) is 12.7 Å². The fourth-order valence-corrected chi connectivity index (χ4v) is 3.36. The lowest BCUT2D eigenvalue weighted by molar-refractivity contribution is -0.116. The van der Waals surface area contributed by atoms with Crippen molar-refractivity contribution in [2.75, 3.05) is 12.1 Å². The van der Waals surface area contributed by atoms with Crippen LogP contribution in [0.15, 0.2) is 30.3 Å². The Morgan fingerprint density at radius 3 is 2.68 bits per heavy atom. The van der Waals surface area contributed by atoms with Gasteiger partial charge in [0.25, 0.3) is 0 Å². The average Bonchev–Trinajstić information content (AvgIpc) is 2.94. The quantitative estimate of drug-likeness (QED) is 0.849. The number of hydrogen-bond donors (Lipinski definition) is 1. The summed E-state index contributed by atoms with van der Waals surface area (Å²) in [6, 6.07) is 9.16. The van der Waals surface area contributed by atoms with Gasteiger partial charge in [-0.05, 0) is 23.3 Å². The van der Waals surface area contributed by atoms with Crippen LogP contribution in [-0.2, 0) is 4.79 Å². The number of nitrogens with one attached hydrogen (secondary N) is 1. The number of halogens is 2. The number of ether oxygens (including phenoxy) is 2. The van der Waals surface area contributed by atoms with Crippen molar-refractivity contribution < 1.29 is 14.3 Å². The minimum absolute atomic E-state index is 0.0626. The summed E-state index contributed by atoms with van der Waals surface area (Å²) in [4.78, 5) is 12.0. The molecule has 0 saturated heterocycles. The van der Waals surface area contributed by atoms with E-state index < -0.39 is 0 Å². The van der Waals surface area contributed by atoms with Crippen LogP contribution in [0, 0.1) is 0 Å². The van der Waals surface area contributed by atoms with Crippen molar-refractivity contribution in [1.82, 2.24) is 0 Å². The molecule has 6 heteroatoms. The summed E-state index contributed by atoms with van der Waals surface area (Å²) in [7, 11) is 0. The van der Waals surface area contributed by atoms with Gasteiger partial charge in [-0.3, -0.25) is 4.79 Å². The van der Waals surface area contributed by atoms with E-state index in [1.165, 1.54) is 0 Å². The molecule has 112 valence electrons. The molecule has 1 N–H and O–H groups in total. The average molecular weight is 336 g/mol. The topological polar surface area (TPSA) is 47.6 Å². The minimum atomic E-state index is -0.163. The zero-order chi connectivity index (χ0) is 15.3. The molecule has 0 bridgehead atoms. The monoisotopic (exact) mass is 335 g/mol. The fourth-order valence-electron chi connectivity index (χ4n) is 2.92. The number of fused-ring (bicyclic) bond motifs is 2. The Bertz CT molecular complexity index is 791. The highest BCUT2D eigenvalue weighted by Gasteiger charge is 2.31. The van der Waals surface area contributed by atoms with Crippen molar-refractivity contribution in [3.05, 3.63) is 51.5 Å². The lowest BCUT2D eigenvalue weighted by atomic mass is 9.84. The number of benzene rings is 2. The molecule has 0 spiro atoms. The van der Waals surface area contributed by atoms with Crippen LogP contribution in [0.5, 0.6) is 11.5 Å². The molecule has 2 aliphatic heterocycles. The third-order valence-corrected chi connectivity index (χ3v) is 4.77. The Balaban J connectivity index is 1.89. The summed E-state index contributed by atoms with van der Waals surface area (Å²) < 4.78 is 10.8. The van der Waals surface area contributed by atoms with Crippen molar-refractivity contribution in [3.8, 4) is 11.5 Å². The zero-order valence-electron chi connectivity index (χ0n) is 11.4. The number of hydrogen-bond acceptors (Lipinski definition) is 3. The summed E-state index contributed by atoms with van der Waals surface area (Å²) in [5.41, 5.74) is 2.51. The standard InChI is InChI=1S/C16H11Cl2NO3/c17-11-3-1-2-8(16(11)18)9-5-15(20)19-12-6-14-13(4-10(9)12)21-7-22-14/h1-4,6,9H,5,7H2,(H,19,20). The molecule has 0 aliphatic carbocycles. The van der Waals surface area contributed by atoms with Crippen LogP contribution < -0.4 is 14.8 Å². The van der Waals surface area contributed by atoms with Crippen molar-refractivity contribution >= 4 is 34.8 Å². The molecule has 2 aromatic carbocycles. The Morgan fingerprint density at radius 2 is 1.86 bits per heavy atom. The summed E-state index contributed by atoms with van der Waals surface area (Å²) >= 11 is 12.5. The molecule has 1 amide bonds. The van der Waals surface area contributed by atoms with Crippen molar-refractivity contribution in [2.24, 2.45) is 0 Å². The number of amides is 1. The summed E-state index contributed by atoms with van der Waals surface area (Å²) in [5, 5.41) is 3.83. The van der Waals surface area contributed by atoms with Crippen LogP contribution >= 0.6 is 23.2 Å². The predicted octanol–water partition coefficient (Wildman–Crippen LogP) is 4.20. The predicted molar refractivity (Wildman–Crippen MR) is 84.1 cm³/mol. The Labute approximate surface area is 136 Å². The van der Waals surface area contributed by atoms with Crippen LogP contribution in [0.25, 0.3) is 0 Å². The Kier molecular flexibility index (Phi) is 3.17. The summed E-state index contributed by atoms with van der Waals surface area (Å²) in [6.07, 6.45) is 0.312. The first kappa shape index (κ1) is 13.7. The lowest BCUT2D eigenvalue weighted by Gasteiger charge is -2.27. The molecule has 1 atom stereocenters. The number of anilines is 1. The van der Waals surface area contributed by atoms with Gasteiger partial charge in [0.05, 0.1) is 10.0 Å². The number of carbonyl (C=O) groups is 1. The molecular formula is C16H11Cl2NO3. The van der Waals surface area contributed by atoms with Gasteiger partial charge in [0, 0.05) is 24.1 Å². The maximum atomic E-state index is 12.0. The van der Waals surface area contributed by atoms with E-state index in [2.05, 4.69) is 5.32 Å². The first-order chi connectivity index (χ1) is 10.6. The lowest BCUT2D eigenvalue weighted by Crippen LogP contribution is -2.23. The van der Waals surface area contributed by atoms with Gasteiger partial charge in [0.15, 0.2) is 11.5 Å². The molecule has 0 radical (unpaired) electrons. The normalized spacial score (nSPS) is 18.8. The molecule has 1 unspecified atom stereocenters. The highest BCUT2D eigenvalue weighted by molar-refractivity contribution is 6.42. The molecular weight excluding hydrogens is 325 g/mol. The molecule has 2 aliphatic rings. The van der Waals surface area contributed by atoms with Gasteiger partial charge in [0.1, 0.15) is 0 Å². The van der Waals surface area contributed by atoms with Crippen LogP contribution in [-0.4, -0.2) is 12.7 Å². The molecule has 4 nitrogen and oxygen atoms in total. The Morgan fingerprint density at radius 1 is 1.09 bits per heavy atom. The van der Waals surface area contributed by atoms with Gasteiger partial charge in [-0.25, -0.2) is 0 Å². The van der Waals surface area contributed by atoms with Crippen LogP contribution in [0.2, 0.25) is 10.0 Å². The zero-order valence-corrected chi connectivity index (χ0v) is 12.9. The van der Waals surface area contributed by atoms with Gasteiger partial charge in [-0.15, -0.1) is 0 Å². The highest BCUT2D eigenvalue weighted by Crippen LogP contribution is 2.46. The molecule has 2 heterocycles. The van der Waals surface area contributed by atoms with E-state index in [0.29, 0.717) is 28.0 Å². The minimum Gasteiger partial charge on any atom is -0.454 e. The maximum absolute atomic E-state index is 12.0. The van der Waals surface area contributed by atoms with E-state index in [9.17, 15) is 4.79 Å². The third kappa shape index (κ3) is 2.11. The van der Waals surface area contributed by atoms with E-state index >= 15 is 0 Å². The molecule has 0 fully saturated rings. The molecule has 22 heavy (non-hydrogen) atoms. The largest absolute Gasteiger partial charge is 0.454 e.